The van der Waals surface area contributed by atoms with E-state index in [-0.39, 0.29) is 12.4 Å². The van der Waals surface area contributed by atoms with E-state index in [2.05, 4.69) is 59.7 Å². The number of rotatable bonds is 7. The molecule has 3 aliphatic rings. The fourth-order valence-electron chi connectivity index (χ4n) is 4.22. The van der Waals surface area contributed by atoms with Crippen molar-refractivity contribution in [2.45, 2.75) is 58.8 Å². The lowest BCUT2D eigenvalue weighted by atomic mass is 10.1. The van der Waals surface area contributed by atoms with Crippen LogP contribution in [0.25, 0.3) is 22.6 Å². The van der Waals surface area contributed by atoms with Gasteiger partial charge < -0.3 is 21.7 Å². The number of aromatic nitrogens is 1. The van der Waals surface area contributed by atoms with Gasteiger partial charge in [-0.05, 0) is 37.5 Å². The minimum atomic E-state index is 0. The Morgan fingerprint density at radius 3 is 2.37 bits per heavy atom. The molecule has 1 aliphatic carbocycles. The lowest BCUT2D eigenvalue weighted by Crippen LogP contribution is -3.00. The van der Waals surface area contributed by atoms with Gasteiger partial charge in [0.15, 0.2) is 11.3 Å². The summed E-state index contributed by atoms with van der Waals surface area (Å²) in [4.78, 5) is 7.35. The maximum Gasteiger partial charge on any atom is 0.203 e. The van der Waals surface area contributed by atoms with E-state index in [0.717, 1.165) is 48.7 Å². The van der Waals surface area contributed by atoms with E-state index < -0.39 is 0 Å². The van der Waals surface area contributed by atoms with Crippen molar-refractivity contribution >= 4 is 16.8 Å². The second-order valence-corrected chi connectivity index (χ2v) is 8.26. The first-order valence-corrected chi connectivity index (χ1v) is 11.5. The summed E-state index contributed by atoms with van der Waals surface area (Å²) in [5.74, 6) is 0.881. The summed E-state index contributed by atoms with van der Waals surface area (Å²) in [6, 6.07) is 13.0. The summed E-state index contributed by atoms with van der Waals surface area (Å²) < 4.78 is 8.83. The normalized spacial score (nSPS) is 14.1. The van der Waals surface area contributed by atoms with Gasteiger partial charge >= 0.3 is 0 Å². The highest BCUT2D eigenvalue weighted by molar-refractivity contribution is 5.80. The Kier molecular flexibility index (Phi) is 8.15. The molecule has 0 unspecified atom stereocenters. The Bertz CT molecular complexity index is 981. The number of hydrogen-bond donors (Lipinski definition) is 0. The van der Waals surface area contributed by atoms with E-state index in [9.17, 15) is 0 Å². The lowest BCUT2D eigenvalue weighted by molar-refractivity contribution is -0.00000655. The van der Waals surface area contributed by atoms with Crippen LogP contribution < -0.4 is 27.2 Å². The maximum atomic E-state index is 6.36. The molecule has 0 bridgehead atoms. The number of anilines is 1. The number of piperidine rings is 1. The van der Waals surface area contributed by atoms with Gasteiger partial charge in [0, 0.05) is 43.8 Å². The van der Waals surface area contributed by atoms with Crippen molar-refractivity contribution in [3.8, 4) is 11.5 Å². The molecule has 0 N–H and O–H groups in total. The molecule has 162 valence electrons. The van der Waals surface area contributed by atoms with Gasteiger partial charge in [0.2, 0.25) is 5.36 Å². The zero-order valence-corrected chi connectivity index (χ0v) is 19.1. The van der Waals surface area contributed by atoms with E-state index >= 15 is 0 Å². The van der Waals surface area contributed by atoms with Gasteiger partial charge in [-0.3, -0.25) is 0 Å². The van der Waals surface area contributed by atoms with Gasteiger partial charge in [-0.2, -0.15) is 0 Å². The fraction of sp³-hybridized carbons (Fsp3) is 0.520. The second kappa shape index (κ2) is 10.8. The molecule has 0 aromatic heterocycles. The fourth-order valence-corrected chi connectivity index (χ4v) is 4.22. The summed E-state index contributed by atoms with van der Waals surface area (Å²) in [6.07, 6.45) is 8.76. The average molecular weight is 428 g/mol. The van der Waals surface area contributed by atoms with Gasteiger partial charge in [0.25, 0.3) is 0 Å². The first-order valence-electron chi connectivity index (χ1n) is 11.5. The van der Waals surface area contributed by atoms with E-state index in [1.807, 2.05) is 0 Å². The number of halogens is 1. The molecule has 4 nitrogen and oxygen atoms in total. The molecule has 0 saturated carbocycles. The third-order valence-corrected chi connectivity index (χ3v) is 6.00. The Morgan fingerprint density at radius 2 is 1.67 bits per heavy atom. The van der Waals surface area contributed by atoms with Crippen molar-refractivity contribution in [2.75, 3.05) is 31.1 Å². The number of unbranched alkanes of at least 4 members (excludes halogenated alkanes) is 2. The van der Waals surface area contributed by atoms with Gasteiger partial charge in [-0.15, -0.1) is 0 Å². The molecule has 1 aromatic rings. The SMILES string of the molecule is CCCCN(CCCC)c1ccc2nc3ccc(=[N+]4CCCCC4)cc-3oc2c1.[Cl-]. The van der Waals surface area contributed by atoms with Gasteiger partial charge in [-0.1, -0.05) is 26.7 Å². The molecule has 1 fully saturated rings. The van der Waals surface area contributed by atoms with Crippen LogP contribution in [-0.4, -0.2) is 31.2 Å². The molecule has 0 radical (unpaired) electrons. The highest BCUT2D eigenvalue weighted by atomic mass is 35.5. The van der Waals surface area contributed by atoms with Crippen molar-refractivity contribution in [3.05, 3.63) is 41.8 Å². The van der Waals surface area contributed by atoms with Crippen LogP contribution in [-0.2, 0) is 0 Å². The standard InChI is InChI=1S/C25H34N3O.ClH/c1-3-5-14-27(15-6-4-2)20-10-12-22-24(18-20)29-25-19-21(11-13-23(25)26-22)28-16-8-7-9-17-28;/h10-13,18-19H,3-9,14-17H2,1-2H3;1H/q+1;/p-1. The van der Waals surface area contributed by atoms with Crippen LogP contribution in [0.2, 0.25) is 0 Å². The molecule has 2 aliphatic heterocycles. The third kappa shape index (κ3) is 5.15. The van der Waals surface area contributed by atoms with Crippen LogP contribution in [0.15, 0.2) is 40.8 Å². The Labute approximate surface area is 186 Å². The molecule has 2 heterocycles. The first kappa shape index (κ1) is 22.6. The van der Waals surface area contributed by atoms with Crippen molar-refractivity contribution in [3.63, 3.8) is 0 Å². The highest BCUT2D eigenvalue weighted by Gasteiger charge is 2.16. The Hall–Kier alpha value is -2.07. The minimum absolute atomic E-state index is 0. The predicted molar refractivity (Wildman–Crippen MR) is 122 cm³/mol. The zero-order chi connectivity index (χ0) is 20.1. The number of hydrogen-bond acceptors (Lipinski definition) is 3. The monoisotopic (exact) mass is 427 g/mol. The Morgan fingerprint density at radius 1 is 0.933 bits per heavy atom. The molecular weight excluding hydrogens is 394 g/mol. The van der Waals surface area contributed by atoms with Gasteiger partial charge in [-0.25, -0.2) is 9.56 Å². The quantitative estimate of drug-likeness (QED) is 0.428. The van der Waals surface area contributed by atoms with Crippen LogP contribution in [0.4, 0.5) is 5.69 Å². The lowest BCUT2D eigenvalue weighted by Gasteiger charge is -2.24. The van der Waals surface area contributed by atoms with Crippen molar-refractivity contribution < 1.29 is 16.8 Å². The van der Waals surface area contributed by atoms with E-state index in [0.29, 0.717) is 0 Å². The zero-order valence-electron chi connectivity index (χ0n) is 18.4. The number of nitrogens with zero attached hydrogens (tertiary/aromatic N) is 3. The van der Waals surface area contributed by atoms with Crippen LogP contribution in [0, 0.1) is 0 Å². The molecule has 0 amide bonds. The van der Waals surface area contributed by atoms with Crippen molar-refractivity contribution in [1.29, 1.82) is 0 Å². The summed E-state index contributed by atoms with van der Waals surface area (Å²) >= 11 is 0. The topological polar surface area (TPSA) is 32.3 Å². The maximum absolute atomic E-state index is 6.36. The van der Waals surface area contributed by atoms with Crippen LogP contribution >= 0.6 is 0 Å². The van der Waals surface area contributed by atoms with Crippen LogP contribution in [0.3, 0.4) is 0 Å². The van der Waals surface area contributed by atoms with Crippen molar-refractivity contribution in [1.82, 2.24) is 9.56 Å². The number of benzene rings is 2. The highest BCUT2D eigenvalue weighted by Crippen LogP contribution is 2.27. The van der Waals surface area contributed by atoms with E-state index in [4.69, 9.17) is 9.40 Å². The minimum Gasteiger partial charge on any atom is -1.00 e. The van der Waals surface area contributed by atoms with Crippen molar-refractivity contribution in [2.24, 2.45) is 0 Å². The summed E-state index contributed by atoms with van der Waals surface area (Å²) in [5, 5.41) is 1.26. The molecule has 5 heteroatoms. The molecule has 1 aromatic carbocycles. The van der Waals surface area contributed by atoms with Gasteiger partial charge in [0.05, 0.1) is 6.07 Å². The molecular formula is C25H34ClN3O. The summed E-state index contributed by atoms with van der Waals surface area (Å²) in [5.41, 5.74) is 3.98. The van der Waals surface area contributed by atoms with Crippen LogP contribution in [0.1, 0.15) is 58.8 Å². The first-order chi connectivity index (χ1) is 14.3. The van der Waals surface area contributed by atoms with Gasteiger partial charge in [0.1, 0.15) is 24.3 Å². The van der Waals surface area contributed by atoms with E-state index in [1.165, 1.54) is 56.0 Å². The molecule has 30 heavy (non-hydrogen) atoms. The smallest absolute Gasteiger partial charge is 0.203 e. The second-order valence-electron chi connectivity index (χ2n) is 8.26. The molecule has 1 saturated heterocycles. The number of fused-ring (bicyclic) bond motifs is 2. The third-order valence-electron chi connectivity index (χ3n) is 6.00. The molecule has 0 atom stereocenters. The summed E-state index contributed by atoms with van der Waals surface area (Å²) in [6.45, 7) is 8.98. The Balaban J connectivity index is 0.00000256. The summed E-state index contributed by atoms with van der Waals surface area (Å²) in [7, 11) is 0. The van der Waals surface area contributed by atoms with Crippen LogP contribution in [0.5, 0.6) is 0 Å². The molecule has 4 rings (SSSR count). The van der Waals surface area contributed by atoms with E-state index in [1.54, 1.807) is 0 Å². The average Bonchev–Trinajstić information content (AvgIpc) is 2.77. The molecule has 0 spiro atoms. The predicted octanol–water partition coefficient (Wildman–Crippen LogP) is 2.30. The largest absolute Gasteiger partial charge is 1.00 e.